The number of nitrogens with zero attached hydrogens (tertiary/aromatic N) is 5. The maximum atomic E-state index is 5.46. The van der Waals surface area contributed by atoms with Gasteiger partial charge in [-0.25, -0.2) is 4.98 Å². The third-order valence-electron chi connectivity index (χ3n) is 3.38. The highest BCUT2D eigenvalue weighted by molar-refractivity contribution is 7.09. The first kappa shape index (κ1) is 15.5. The summed E-state index contributed by atoms with van der Waals surface area (Å²) < 4.78 is 9.75. The van der Waals surface area contributed by atoms with Crippen molar-refractivity contribution in [3.05, 3.63) is 36.2 Å². The van der Waals surface area contributed by atoms with E-state index in [1.54, 1.807) is 12.4 Å². The molecule has 7 nitrogen and oxygen atoms in total. The highest BCUT2D eigenvalue weighted by Crippen LogP contribution is 2.27. The average molecular weight is 330 g/mol. The topological polar surface area (TPSA) is 89.6 Å². The van der Waals surface area contributed by atoms with Crippen LogP contribution < -0.4 is 5.32 Å². The molecule has 0 fully saturated rings. The van der Waals surface area contributed by atoms with Crippen LogP contribution in [0.3, 0.4) is 0 Å². The Hall–Kier alpha value is -2.35. The number of aryl methyl sites for hydroxylation is 1. The Morgan fingerprint density at radius 1 is 1.22 bits per heavy atom. The monoisotopic (exact) mass is 330 g/mol. The van der Waals surface area contributed by atoms with Gasteiger partial charge in [0.15, 0.2) is 0 Å². The van der Waals surface area contributed by atoms with Crippen LogP contribution in [0.2, 0.25) is 0 Å². The first-order chi connectivity index (χ1) is 11.2. The molecule has 0 aliphatic rings. The van der Waals surface area contributed by atoms with Crippen LogP contribution in [0, 0.1) is 5.92 Å². The fourth-order valence-corrected chi connectivity index (χ4v) is 2.77. The first-order valence-electron chi connectivity index (χ1n) is 7.50. The van der Waals surface area contributed by atoms with E-state index < -0.39 is 0 Å². The molecule has 120 valence electrons. The standard InChI is InChI=1S/C15H18N6OS/c1-4-11-17-15(23-21-11)18-12(9(2)3)14-19-13(20-22-14)10-5-7-16-8-6-10/h5-9,12H,4H2,1-3H3,(H,17,18,21). The van der Waals surface area contributed by atoms with Gasteiger partial charge in [0.05, 0.1) is 0 Å². The molecule has 3 rings (SSSR count). The number of nitrogens with one attached hydrogen (secondary N) is 1. The molecule has 0 radical (unpaired) electrons. The number of rotatable bonds is 6. The first-order valence-corrected chi connectivity index (χ1v) is 8.27. The molecule has 1 atom stereocenters. The van der Waals surface area contributed by atoms with Gasteiger partial charge in [-0.1, -0.05) is 25.9 Å². The highest BCUT2D eigenvalue weighted by atomic mass is 32.1. The van der Waals surface area contributed by atoms with E-state index >= 15 is 0 Å². The quantitative estimate of drug-likeness (QED) is 0.741. The normalized spacial score (nSPS) is 12.5. The minimum Gasteiger partial charge on any atom is -0.348 e. The molecule has 8 heteroatoms. The van der Waals surface area contributed by atoms with Crippen molar-refractivity contribution in [1.82, 2.24) is 24.5 Å². The van der Waals surface area contributed by atoms with E-state index in [-0.39, 0.29) is 12.0 Å². The largest absolute Gasteiger partial charge is 0.348 e. The lowest BCUT2D eigenvalue weighted by atomic mass is 10.0. The molecular formula is C15H18N6OS. The zero-order chi connectivity index (χ0) is 16.2. The Labute approximate surface area is 138 Å². The van der Waals surface area contributed by atoms with Crippen molar-refractivity contribution in [2.45, 2.75) is 33.2 Å². The number of pyridine rings is 1. The van der Waals surface area contributed by atoms with Crippen LogP contribution >= 0.6 is 11.5 Å². The molecule has 23 heavy (non-hydrogen) atoms. The molecular weight excluding hydrogens is 312 g/mol. The van der Waals surface area contributed by atoms with Crippen LogP contribution in [0.5, 0.6) is 0 Å². The van der Waals surface area contributed by atoms with E-state index in [0.717, 1.165) is 22.9 Å². The van der Waals surface area contributed by atoms with Crippen molar-refractivity contribution in [3.8, 4) is 11.4 Å². The molecule has 0 bridgehead atoms. The van der Waals surface area contributed by atoms with Gasteiger partial charge in [0.1, 0.15) is 11.9 Å². The zero-order valence-electron chi connectivity index (χ0n) is 13.2. The Morgan fingerprint density at radius 2 is 2.00 bits per heavy atom. The van der Waals surface area contributed by atoms with E-state index in [1.165, 1.54) is 11.5 Å². The smallest absolute Gasteiger partial charge is 0.249 e. The molecule has 0 aliphatic carbocycles. The van der Waals surface area contributed by atoms with Crippen LogP contribution in [0.4, 0.5) is 5.13 Å². The third-order valence-corrected chi connectivity index (χ3v) is 4.06. The van der Waals surface area contributed by atoms with Crippen molar-refractivity contribution in [2.24, 2.45) is 5.92 Å². The van der Waals surface area contributed by atoms with Crippen LogP contribution in [0.25, 0.3) is 11.4 Å². The maximum Gasteiger partial charge on any atom is 0.249 e. The summed E-state index contributed by atoms with van der Waals surface area (Å²) in [4.78, 5) is 12.9. The highest BCUT2D eigenvalue weighted by Gasteiger charge is 2.24. The summed E-state index contributed by atoms with van der Waals surface area (Å²) in [5.41, 5.74) is 0.877. The molecule has 0 spiro atoms. The van der Waals surface area contributed by atoms with Gasteiger partial charge in [0, 0.05) is 35.9 Å². The van der Waals surface area contributed by atoms with E-state index in [4.69, 9.17) is 4.52 Å². The van der Waals surface area contributed by atoms with Crippen molar-refractivity contribution in [3.63, 3.8) is 0 Å². The molecule has 1 unspecified atom stereocenters. The van der Waals surface area contributed by atoms with E-state index in [1.807, 2.05) is 19.1 Å². The summed E-state index contributed by atoms with van der Waals surface area (Å²) in [5.74, 6) is 2.19. The molecule has 0 saturated heterocycles. The summed E-state index contributed by atoms with van der Waals surface area (Å²) in [5, 5.41) is 8.18. The lowest BCUT2D eigenvalue weighted by Crippen LogP contribution is -2.17. The predicted octanol–water partition coefficient (Wildman–Crippen LogP) is 3.35. The molecule has 0 aliphatic heterocycles. The number of hydrogen-bond acceptors (Lipinski definition) is 8. The molecule has 3 heterocycles. The average Bonchev–Trinajstić information content (AvgIpc) is 3.22. The Kier molecular flexibility index (Phi) is 4.61. The van der Waals surface area contributed by atoms with Gasteiger partial charge in [-0.2, -0.15) is 9.36 Å². The second-order valence-electron chi connectivity index (χ2n) is 5.43. The Morgan fingerprint density at radius 3 is 2.65 bits per heavy atom. The fourth-order valence-electron chi connectivity index (χ4n) is 2.08. The van der Waals surface area contributed by atoms with Gasteiger partial charge in [-0.3, -0.25) is 4.98 Å². The van der Waals surface area contributed by atoms with E-state index in [2.05, 4.69) is 43.6 Å². The van der Waals surface area contributed by atoms with Gasteiger partial charge >= 0.3 is 0 Å². The zero-order valence-corrected chi connectivity index (χ0v) is 14.0. The van der Waals surface area contributed by atoms with Crippen molar-refractivity contribution < 1.29 is 4.52 Å². The van der Waals surface area contributed by atoms with Gasteiger partial charge in [-0.15, -0.1) is 0 Å². The summed E-state index contributed by atoms with van der Waals surface area (Å²) >= 11 is 1.35. The van der Waals surface area contributed by atoms with E-state index in [0.29, 0.717) is 11.7 Å². The lowest BCUT2D eigenvalue weighted by Gasteiger charge is -2.17. The summed E-state index contributed by atoms with van der Waals surface area (Å²) in [6.07, 6.45) is 4.23. The second kappa shape index (κ2) is 6.82. The SMILES string of the molecule is CCc1nsc(NC(c2nc(-c3ccncc3)no2)C(C)C)n1. The molecule has 0 aromatic carbocycles. The Bertz CT molecular complexity index is 754. The third kappa shape index (κ3) is 3.53. The van der Waals surface area contributed by atoms with Gasteiger partial charge in [0.25, 0.3) is 0 Å². The number of aromatic nitrogens is 5. The summed E-state index contributed by atoms with van der Waals surface area (Å²) in [6.45, 7) is 6.22. The molecule has 0 amide bonds. The van der Waals surface area contributed by atoms with Gasteiger partial charge < -0.3 is 9.84 Å². The van der Waals surface area contributed by atoms with Crippen LogP contribution in [0.15, 0.2) is 29.0 Å². The van der Waals surface area contributed by atoms with E-state index in [9.17, 15) is 0 Å². The fraction of sp³-hybridized carbons (Fsp3) is 0.400. The minimum absolute atomic E-state index is 0.115. The van der Waals surface area contributed by atoms with Crippen LogP contribution in [-0.4, -0.2) is 24.5 Å². The van der Waals surface area contributed by atoms with Crippen LogP contribution in [0.1, 0.15) is 38.5 Å². The molecule has 3 aromatic rings. The van der Waals surface area contributed by atoms with Gasteiger partial charge in [-0.05, 0) is 18.1 Å². The maximum absolute atomic E-state index is 5.46. The second-order valence-corrected chi connectivity index (χ2v) is 6.18. The lowest BCUT2D eigenvalue weighted by molar-refractivity contribution is 0.336. The van der Waals surface area contributed by atoms with Crippen molar-refractivity contribution >= 4 is 16.7 Å². The molecule has 0 saturated carbocycles. The number of hydrogen-bond donors (Lipinski definition) is 1. The summed E-state index contributed by atoms with van der Waals surface area (Å²) in [6, 6.07) is 3.59. The summed E-state index contributed by atoms with van der Waals surface area (Å²) in [7, 11) is 0. The van der Waals surface area contributed by atoms with Crippen molar-refractivity contribution in [2.75, 3.05) is 5.32 Å². The van der Waals surface area contributed by atoms with Crippen molar-refractivity contribution in [1.29, 1.82) is 0 Å². The number of anilines is 1. The molecule has 1 N–H and O–H groups in total. The predicted molar refractivity (Wildman–Crippen MR) is 88.0 cm³/mol. The van der Waals surface area contributed by atoms with Crippen LogP contribution in [-0.2, 0) is 6.42 Å². The minimum atomic E-state index is -0.115. The Balaban J connectivity index is 1.83. The molecule has 3 aromatic heterocycles. The van der Waals surface area contributed by atoms with Gasteiger partial charge in [0.2, 0.25) is 16.8 Å².